The molecule has 0 fully saturated rings. The standard InChI is InChI=1S/C46H80O6/c1-4-7-10-13-16-19-21-22-23-24-25-28-30-33-36-39-45(48)51-42-43(41-50-44(47)38-35-32-29-26-18-15-12-9-6-3)52-46(49)40-37-34-31-27-20-17-14-11-8-5-2/h7,10,13,16,19,21,26,29,43H,4-6,8-9,11-12,14-15,17-18,20,22-25,27-28,30-42H2,1-3H3/b10-7-,16-13-,21-19-,29-26-. The Morgan fingerprint density at radius 2 is 0.788 bits per heavy atom. The van der Waals surface area contributed by atoms with Gasteiger partial charge >= 0.3 is 17.9 Å². The molecule has 6 heteroatoms. The van der Waals surface area contributed by atoms with Crippen LogP contribution in [0.15, 0.2) is 48.6 Å². The minimum absolute atomic E-state index is 0.0870. The molecule has 52 heavy (non-hydrogen) atoms. The number of hydrogen-bond acceptors (Lipinski definition) is 6. The van der Waals surface area contributed by atoms with Gasteiger partial charge in [0, 0.05) is 19.3 Å². The fourth-order valence-electron chi connectivity index (χ4n) is 5.86. The van der Waals surface area contributed by atoms with E-state index in [0.717, 1.165) is 70.6 Å². The highest BCUT2D eigenvalue weighted by Crippen LogP contribution is 2.14. The van der Waals surface area contributed by atoms with Crippen molar-refractivity contribution in [3.05, 3.63) is 48.6 Å². The van der Waals surface area contributed by atoms with Crippen molar-refractivity contribution in [3.63, 3.8) is 0 Å². The van der Waals surface area contributed by atoms with E-state index < -0.39 is 6.10 Å². The van der Waals surface area contributed by atoms with Crippen LogP contribution in [0.5, 0.6) is 0 Å². The molecule has 0 bridgehead atoms. The molecule has 0 aromatic heterocycles. The predicted octanol–water partition coefficient (Wildman–Crippen LogP) is 13.6. The first-order valence-corrected chi connectivity index (χ1v) is 21.7. The van der Waals surface area contributed by atoms with Gasteiger partial charge in [-0.05, 0) is 57.8 Å². The number of rotatable bonds is 38. The fraction of sp³-hybridized carbons (Fsp3) is 0.761. The van der Waals surface area contributed by atoms with Crippen molar-refractivity contribution in [2.75, 3.05) is 13.2 Å². The fourth-order valence-corrected chi connectivity index (χ4v) is 5.86. The van der Waals surface area contributed by atoms with Crippen molar-refractivity contribution in [2.24, 2.45) is 0 Å². The molecule has 0 N–H and O–H groups in total. The lowest BCUT2D eigenvalue weighted by Gasteiger charge is -2.18. The predicted molar refractivity (Wildman–Crippen MR) is 219 cm³/mol. The molecule has 1 unspecified atom stereocenters. The van der Waals surface area contributed by atoms with Crippen LogP contribution in [0.2, 0.25) is 0 Å². The van der Waals surface area contributed by atoms with Crippen LogP contribution in [0.1, 0.15) is 207 Å². The number of carbonyl (C=O) groups excluding carboxylic acids is 3. The van der Waals surface area contributed by atoms with Gasteiger partial charge in [-0.15, -0.1) is 0 Å². The molecule has 0 aromatic rings. The summed E-state index contributed by atoms with van der Waals surface area (Å²) in [6, 6.07) is 0. The van der Waals surface area contributed by atoms with E-state index in [-0.39, 0.29) is 31.1 Å². The number of ether oxygens (including phenoxy) is 3. The molecule has 0 saturated heterocycles. The zero-order valence-corrected chi connectivity index (χ0v) is 34.1. The van der Waals surface area contributed by atoms with E-state index in [1.165, 1.54) is 96.3 Å². The third-order valence-corrected chi connectivity index (χ3v) is 9.13. The number of hydrogen-bond donors (Lipinski definition) is 0. The Bertz CT molecular complexity index is 933. The number of unbranched alkanes of at least 4 members (excludes halogenated alkanes) is 21. The Kier molecular flexibility index (Phi) is 39.1. The van der Waals surface area contributed by atoms with Crippen LogP contribution in [-0.4, -0.2) is 37.2 Å². The van der Waals surface area contributed by atoms with Gasteiger partial charge in [0.25, 0.3) is 0 Å². The van der Waals surface area contributed by atoms with E-state index in [1.807, 2.05) is 0 Å². The van der Waals surface area contributed by atoms with Crippen LogP contribution >= 0.6 is 0 Å². The molecule has 0 spiro atoms. The van der Waals surface area contributed by atoms with Gasteiger partial charge in [0.2, 0.25) is 0 Å². The highest BCUT2D eigenvalue weighted by Gasteiger charge is 2.19. The third kappa shape index (κ3) is 38.6. The summed E-state index contributed by atoms with van der Waals surface area (Å²) < 4.78 is 16.6. The summed E-state index contributed by atoms with van der Waals surface area (Å²) in [5, 5.41) is 0. The van der Waals surface area contributed by atoms with Crippen molar-refractivity contribution in [2.45, 2.75) is 213 Å². The minimum Gasteiger partial charge on any atom is -0.462 e. The van der Waals surface area contributed by atoms with E-state index in [1.54, 1.807) is 0 Å². The summed E-state index contributed by atoms with van der Waals surface area (Å²) in [5.74, 6) is -0.939. The Labute approximate surface area is 320 Å². The topological polar surface area (TPSA) is 78.9 Å². The van der Waals surface area contributed by atoms with E-state index in [0.29, 0.717) is 19.3 Å². The van der Waals surface area contributed by atoms with Crippen LogP contribution in [0, 0.1) is 0 Å². The highest BCUT2D eigenvalue weighted by molar-refractivity contribution is 5.71. The lowest BCUT2D eigenvalue weighted by molar-refractivity contribution is -0.167. The highest BCUT2D eigenvalue weighted by atomic mass is 16.6. The maximum absolute atomic E-state index is 12.6. The average molecular weight is 729 g/mol. The summed E-state index contributed by atoms with van der Waals surface area (Å²) in [7, 11) is 0. The number of allylic oxidation sites excluding steroid dienone is 8. The second kappa shape index (κ2) is 41.1. The molecule has 0 aliphatic heterocycles. The van der Waals surface area contributed by atoms with Crippen LogP contribution in [0.25, 0.3) is 0 Å². The van der Waals surface area contributed by atoms with E-state index in [2.05, 4.69) is 69.4 Å². The smallest absolute Gasteiger partial charge is 0.306 e. The second-order valence-electron chi connectivity index (χ2n) is 14.3. The molecule has 0 aliphatic carbocycles. The second-order valence-corrected chi connectivity index (χ2v) is 14.3. The summed E-state index contributed by atoms with van der Waals surface area (Å²) >= 11 is 0. The van der Waals surface area contributed by atoms with Gasteiger partial charge in [0.05, 0.1) is 0 Å². The molecule has 0 radical (unpaired) electrons. The van der Waals surface area contributed by atoms with Gasteiger partial charge in [-0.1, -0.05) is 179 Å². The van der Waals surface area contributed by atoms with E-state index >= 15 is 0 Å². The quantitative estimate of drug-likeness (QED) is 0.0207. The lowest BCUT2D eigenvalue weighted by atomic mass is 10.1. The summed E-state index contributed by atoms with van der Waals surface area (Å²) in [6.07, 6.45) is 46.7. The Morgan fingerprint density at radius 3 is 1.31 bits per heavy atom. The largest absolute Gasteiger partial charge is 0.462 e. The molecular formula is C46H80O6. The van der Waals surface area contributed by atoms with E-state index in [9.17, 15) is 14.4 Å². The van der Waals surface area contributed by atoms with Gasteiger partial charge in [-0.25, -0.2) is 0 Å². The molecule has 0 saturated carbocycles. The Balaban J connectivity index is 4.38. The monoisotopic (exact) mass is 729 g/mol. The lowest BCUT2D eigenvalue weighted by Crippen LogP contribution is -2.30. The SMILES string of the molecule is CC\C=C/C=C\C=C/CCCCCCCCCC(=O)OCC(COC(=O)CCC/C=C\CCCCCC)OC(=O)CCCCCCCCCCCC. The van der Waals surface area contributed by atoms with Gasteiger partial charge in [0.15, 0.2) is 6.10 Å². The van der Waals surface area contributed by atoms with E-state index in [4.69, 9.17) is 14.2 Å². The molecule has 6 nitrogen and oxygen atoms in total. The van der Waals surface area contributed by atoms with Crippen LogP contribution in [0.3, 0.4) is 0 Å². The molecular weight excluding hydrogens is 648 g/mol. The van der Waals surface area contributed by atoms with Crippen molar-refractivity contribution in [3.8, 4) is 0 Å². The normalized spacial score (nSPS) is 12.4. The van der Waals surface area contributed by atoms with Gasteiger partial charge in [-0.2, -0.15) is 0 Å². The summed E-state index contributed by atoms with van der Waals surface area (Å²) in [5.41, 5.74) is 0. The van der Waals surface area contributed by atoms with Crippen molar-refractivity contribution in [1.29, 1.82) is 0 Å². The maximum Gasteiger partial charge on any atom is 0.306 e. The minimum atomic E-state index is -0.782. The van der Waals surface area contributed by atoms with Crippen LogP contribution in [0.4, 0.5) is 0 Å². The molecule has 0 amide bonds. The van der Waals surface area contributed by atoms with Crippen molar-refractivity contribution < 1.29 is 28.6 Å². The van der Waals surface area contributed by atoms with Crippen molar-refractivity contribution >= 4 is 17.9 Å². The molecule has 0 aromatic carbocycles. The maximum atomic E-state index is 12.6. The average Bonchev–Trinajstić information content (AvgIpc) is 3.14. The van der Waals surface area contributed by atoms with Gasteiger partial charge in [0.1, 0.15) is 13.2 Å². The zero-order valence-electron chi connectivity index (χ0n) is 34.1. The Morgan fingerprint density at radius 1 is 0.404 bits per heavy atom. The molecule has 0 rings (SSSR count). The third-order valence-electron chi connectivity index (χ3n) is 9.13. The zero-order chi connectivity index (χ0) is 38.0. The van der Waals surface area contributed by atoms with Crippen LogP contribution < -0.4 is 0 Å². The van der Waals surface area contributed by atoms with Gasteiger partial charge < -0.3 is 14.2 Å². The molecule has 1 atom stereocenters. The Hall–Kier alpha value is -2.63. The number of esters is 3. The van der Waals surface area contributed by atoms with Crippen molar-refractivity contribution in [1.82, 2.24) is 0 Å². The first-order chi connectivity index (χ1) is 25.5. The van der Waals surface area contributed by atoms with Crippen LogP contribution in [-0.2, 0) is 28.6 Å². The summed E-state index contributed by atoms with van der Waals surface area (Å²) in [6.45, 7) is 6.41. The molecule has 0 aliphatic rings. The summed E-state index contributed by atoms with van der Waals surface area (Å²) in [4.78, 5) is 37.5. The first-order valence-electron chi connectivity index (χ1n) is 21.7. The first kappa shape index (κ1) is 49.4. The number of carbonyl (C=O) groups is 3. The van der Waals surface area contributed by atoms with Gasteiger partial charge in [-0.3, -0.25) is 14.4 Å². The molecule has 0 heterocycles. The molecule has 300 valence electrons.